The van der Waals surface area contributed by atoms with Gasteiger partial charge in [0.15, 0.2) is 0 Å². The van der Waals surface area contributed by atoms with Crippen LogP contribution < -0.4 is 10.0 Å². The van der Waals surface area contributed by atoms with Crippen molar-refractivity contribution in [1.82, 2.24) is 4.72 Å². The molecule has 0 aliphatic heterocycles. The molecule has 0 saturated heterocycles. The molecule has 10 heteroatoms. The molecule has 0 radical (unpaired) electrons. The van der Waals surface area contributed by atoms with Crippen LogP contribution in [0.4, 0.5) is 11.4 Å². The van der Waals surface area contributed by atoms with Crippen LogP contribution in [-0.4, -0.2) is 25.3 Å². The third-order valence-electron chi connectivity index (χ3n) is 3.70. The molecule has 0 heterocycles. The standard InChI is InChI=1S/C16H14ClN3O5S/c17-14-7-4-10(8-15(14)26(24,25)19-11-5-6-11)16(21)18-12-2-1-3-13(9-12)20(22)23/h1-4,7-9,11,19H,5-6H2,(H,18,21). The normalized spacial score (nSPS) is 14.0. The van der Waals surface area contributed by atoms with Crippen LogP contribution in [0.15, 0.2) is 47.4 Å². The molecule has 1 aliphatic carbocycles. The Balaban J connectivity index is 1.85. The Bertz CT molecular complexity index is 989. The SMILES string of the molecule is O=C(Nc1cccc([N+](=O)[O-])c1)c1ccc(Cl)c(S(=O)(=O)NC2CC2)c1. The van der Waals surface area contributed by atoms with E-state index in [1.807, 2.05) is 0 Å². The van der Waals surface area contributed by atoms with Crippen LogP contribution in [0, 0.1) is 10.1 Å². The molecule has 1 fully saturated rings. The van der Waals surface area contributed by atoms with Gasteiger partial charge in [0.2, 0.25) is 10.0 Å². The van der Waals surface area contributed by atoms with Gasteiger partial charge in [0.25, 0.3) is 11.6 Å². The number of nitrogens with one attached hydrogen (secondary N) is 2. The molecule has 26 heavy (non-hydrogen) atoms. The van der Waals surface area contributed by atoms with Crippen molar-refractivity contribution in [3.8, 4) is 0 Å². The Hall–Kier alpha value is -2.49. The number of benzene rings is 2. The van der Waals surface area contributed by atoms with Crippen molar-refractivity contribution >= 4 is 38.9 Å². The van der Waals surface area contributed by atoms with E-state index in [-0.39, 0.29) is 32.9 Å². The van der Waals surface area contributed by atoms with E-state index in [0.717, 1.165) is 12.8 Å². The van der Waals surface area contributed by atoms with Gasteiger partial charge < -0.3 is 5.32 Å². The van der Waals surface area contributed by atoms with Gasteiger partial charge in [0.05, 0.1) is 9.95 Å². The Labute approximate surface area is 154 Å². The first kappa shape index (κ1) is 18.3. The first-order valence-corrected chi connectivity index (χ1v) is 9.50. The predicted molar refractivity (Wildman–Crippen MR) is 95.8 cm³/mol. The highest BCUT2D eigenvalue weighted by Gasteiger charge is 2.29. The van der Waals surface area contributed by atoms with Gasteiger partial charge in [-0.1, -0.05) is 17.7 Å². The second-order valence-electron chi connectivity index (χ2n) is 5.80. The van der Waals surface area contributed by atoms with Gasteiger partial charge >= 0.3 is 0 Å². The highest BCUT2D eigenvalue weighted by molar-refractivity contribution is 7.89. The fourth-order valence-electron chi connectivity index (χ4n) is 2.24. The highest BCUT2D eigenvalue weighted by Crippen LogP contribution is 2.27. The van der Waals surface area contributed by atoms with Gasteiger partial charge in [-0.25, -0.2) is 13.1 Å². The molecule has 1 aliphatic rings. The van der Waals surface area contributed by atoms with E-state index in [4.69, 9.17) is 11.6 Å². The van der Waals surface area contributed by atoms with Crippen molar-refractivity contribution in [1.29, 1.82) is 0 Å². The molecule has 2 aromatic rings. The zero-order valence-corrected chi connectivity index (χ0v) is 14.9. The fourth-order valence-corrected chi connectivity index (χ4v) is 4.07. The Morgan fingerprint density at radius 3 is 2.58 bits per heavy atom. The molecule has 1 amide bonds. The van der Waals surface area contributed by atoms with Crippen LogP contribution in [0.3, 0.4) is 0 Å². The Morgan fingerprint density at radius 1 is 1.19 bits per heavy atom. The number of carbonyl (C=O) groups excluding carboxylic acids is 1. The number of nitro groups is 1. The van der Waals surface area contributed by atoms with E-state index in [1.165, 1.54) is 42.5 Å². The van der Waals surface area contributed by atoms with Gasteiger partial charge in [-0.05, 0) is 37.1 Å². The monoisotopic (exact) mass is 395 g/mol. The number of nitrogens with zero attached hydrogens (tertiary/aromatic N) is 1. The number of anilines is 1. The predicted octanol–water partition coefficient (Wildman–Crippen LogP) is 2.94. The summed E-state index contributed by atoms with van der Waals surface area (Å²) < 4.78 is 27.2. The van der Waals surface area contributed by atoms with Gasteiger partial charge in [-0.3, -0.25) is 14.9 Å². The van der Waals surface area contributed by atoms with E-state index in [9.17, 15) is 23.3 Å². The summed E-state index contributed by atoms with van der Waals surface area (Å²) in [6.45, 7) is 0. The second kappa shape index (κ2) is 7.02. The average molecular weight is 396 g/mol. The average Bonchev–Trinajstić information content (AvgIpc) is 3.38. The van der Waals surface area contributed by atoms with E-state index in [2.05, 4.69) is 10.0 Å². The quantitative estimate of drug-likeness (QED) is 0.575. The maximum Gasteiger partial charge on any atom is 0.271 e. The highest BCUT2D eigenvalue weighted by atomic mass is 35.5. The van der Waals surface area contributed by atoms with Crippen molar-refractivity contribution in [2.75, 3.05) is 5.32 Å². The molecular formula is C16H14ClN3O5S. The number of sulfonamides is 1. The zero-order chi connectivity index (χ0) is 18.9. The van der Waals surface area contributed by atoms with E-state index in [0.29, 0.717) is 0 Å². The molecule has 0 spiro atoms. The third-order valence-corrected chi connectivity index (χ3v) is 5.70. The minimum Gasteiger partial charge on any atom is -0.322 e. The van der Waals surface area contributed by atoms with Crippen LogP contribution in [0.2, 0.25) is 5.02 Å². The first-order valence-electron chi connectivity index (χ1n) is 7.64. The van der Waals surface area contributed by atoms with Crippen molar-refractivity contribution in [3.63, 3.8) is 0 Å². The van der Waals surface area contributed by atoms with Crippen molar-refractivity contribution in [2.45, 2.75) is 23.8 Å². The van der Waals surface area contributed by atoms with Crippen LogP contribution in [0.5, 0.6) is 0 Å². The lowest BCUT2D eigenvalue weighted by Gasteiger charge is -2.10. The molecule has 0 aromatic heterocycles. The minimum atomic E-state index is -3.83. The summed E-state index contributed by atoms with van der Waals surface area (Å²) in [5.41, 5.74) is 0.118. The maximum atomic E-state index is 12.4. The minimum absolute atomic E-state index is 0.00467. The number of halogens is 1. The summed E-state index contributed by atoms with van der Waals surface area (Å²) in [7, 11) is -3.83. The first-order chi connectivity index (χ1) is 12.3. The lowest BCUT2D eigenvalue weighted by molar-refractivity contribution is -0.384. The summed E-state index contributed by atoms with van der Waals surface area (Å²) in [6.07, 6.45) is 1.54. The van der Waals surface area contributed by atoms with Crippen molar-refractivity contribution < 1.29 is 18.1 Å². The number of amides is 1. The topological polar surface area (TPSA) is 118 Å². The van der Waals surface area contributed by atoms with E-state index in [1.54, 1.807) is 0 Å². The number of non-ortho nitro benzene ring substituents is 1. The van der Waals surface area contributed by atoms with E-state index < -0.39 is 20.9 Å². The summed E-state index contributed by atoms with van der Waals surface area (Å²) >= 11 is 5.98. The summed E-state index contributed by atoms with van der Waals surface area (Å²) in [4.78, 5) is 22.4. The summed E-state index contributed by atoms with van der Waals surface area (Å²) in [5.74, 6) is -0.606. The number of hydrogen-bond donors (Lipinski definition) is 2. The second-order valence-corrected chi connectivity index (χ2v) is 7.89. The zero-order valence-electron chi connectivity index (χ0n) is 13.3. The number of hydrogen-bond acceptors (Lipinski definition) is 5. The van der Waals surface area contributed by atoms with Crippen LogP contribution >= 0.6 is 11.6 Å². The van der Waals surface area contributed by atoms with Gasteiger partial charge in [0, 0.05) is 29.4 Å². The number of carbonyl (C=O) groups is 1. The van der Waals surface area contributed by atoms with Gasteiger partial charge in [-0.2, -0.15) is 0 Å². The van der Waals surface area contributed by atoms with Crippen molar-refractivity contribution in [3.05, 3.63) is 63.2 Å². The summed E-state index contributed by atoms with van der Waals surface area (Å²) in [5, 5.41) is 13.3. The van der Waals surface area contributed by atoms with Crippen LogP contribution in [0.25, 0.3) is 0 Å². The molecule has 0 unspecified atom stereocenters. The molecule has 2 aromatic carbocycles. The molecular weight excluding hydrogens is 382 g/mol. The Kier molecular flexibility index (Phi) is 4.94. The fraction of sp³-hybridized carbons (Fsp3) is 0.188. The smallest absolute Gasteiger partial charge is 0.271 e. The summed E-state index contributed by atoms with van der Waals surface area (Å²) in [6, 6.07) is 9.22. The molecule has 2 N–H and O–H groups in total. The Morgan fingerprint density at radius 2 is 1.92 bits per heavy atom. The molecule has 3 rings (SSSR count). The van der Waals surface area contributed by atoms with Crippen LogP contribution in [0.1, 0.15) is 23.2 Å². The van der Waals surface area contributed by atoms with Gasteiger partial charge in [-0.15, -0.1) is 0 Å². The van der Waals surface area contributed by atoms with E-state index >= 15 is 0 Å². The number of rotatable bonds is 6. The lowest BCUT2D eigenvalue weighted by Crippen LogP contribution is -2.26. The largest absolute Gasteiger partial charge is 0.322 e. The van der Waals surface area contributed by atoms with Gasteiger partial charge in [0.1, 0.15) is 4.90 Å². The maximum absolute atomic E-state index is 12.4. The molecule has 0 bridgehead atoms. The van der Waals surface area contributed by atoms with Crippen molar-refractivity contribution in [2.24, 2.45) is 0 Å². The molecule has 1 saturated carbocycles. The molecule has 0 atom stereocenters. The molecule has 8 nitrogen and oxygen atoms in total. The third kappa shape index (κ3) is 4.18. The lowest BCUT2D eigenvalue weighted by atomic mass is 10.2. The van der Waals surface area contributed by atoms with Crippen LogP contribution in [-0.2, 0) is 10.0 Å². The number of nitro benzene ring substituents is 1. The molecule has 136 valence electrons.